The molecule has 0 atom stereocenters. The lowest BCUT2D eigenvalue weighted by Crippen LogP contribution is -2.19. The number of halogens is 6. The molecule has 0 spiro atoms. The van der Waals surface area contributed by atoms with Crippen LogP contribution in [0.4, 0.5) is 27.6 Å². The van der Waals surface area contributed by atoms with Gasteiger partial charge in [-0.15, -0.1) is 11.3 Å². The van der Waals surface area contributed by atoms with E-state index in [1.165, 1.54) is 25.3 Å². The van der Waals surface area contributed by atoms with E-state index in [0.717, 1.165) is 22.1 Å². The summed E-state index contributed by atoms with van der Waals surface area (Å²) in [6.07, 6.45) is -6.60. The molecule has 8 nitrogen and oxygen atoms in total. The zero-order valence-corrected chi connectivity index (χ0v) is 20.5. The van der Waals surface area contributed by atoms with Crippen LogP contribution in [0.1, 0.15) is 39.6 Å². The number of hydrogen-bond acceptors (Lipinski definition) is 6. The summed E-state index contributed by atoms with van der Waals surface area (Å²) in [4.78, 5) is 28.7. The number of hydrogen-bond donors (Lipinski definition) is 2. The second kappa shape index (κ2) is 9.61. The van der Waals surface area contributed by atoms with Crippen molar-refractivity contribution in [1.82, 2.24) is 14.8 Å². The van der Waals surface area contributed by atoms with E-state index in [1.807, 2.05) is 0 Å². The highest BCUT2D eigenvalue weighted by Crippen LogP contribution is 2.42. The van der Waals surface area contributed by atoms with Gasteiger partial charge in [-0.3, -0.25) is 14.3 Å². The van der Waals surface area contributed by atoms with Gasteiger partial charge >= 0.3 is 6.18 Å². The van der Waals surface area contributed by atoms with Crippen LogP contribution in [-0.2, 0) is 17.5 Å². The Kier molecular flexibility index (Phi) is 6.88. The van der Waals surface area contributed by atoms with Crippen LogP contribution in [0.5, 0.6) is 0 Å². The van der Waals surface area contributed by atoms with Crippen LogP contribution in [0.25, 0.3) is 21.5 Å². The van der Waals surface area contributed by atoms with Crippen molar-refractivity contribution in [1.29, 1.82) is 0 Å². The molecule has 190 valence electrons. The second-order valence-corrected chi connectivity index (χ2v) is 9.28. The van der Waals surface area contributed by atoms with Gasteiger partial charge in [0.1, 0.15) is 21.2 Å². The number of aromatic nitrogens is 3. The number of rotatable bonds is 7. The van der Waals surface area contributed by atoms with Crippen LogP contribution in [0.2, 0.25) is 0 Å². The minimum absolute atomic E-state index is 0.0185. The molecule has 2 amide bonds. The number of carbonyl (C=O) groups excluding carboxylic acids is 2. The number of aryl methyl sites for hydroxylation is 1. The SMILES string of the molecule is Cc1c(Br)c(C(F)(F)F)nn1CCC(=O)Nc1c(C(N)=O)sc2nc(C(F)F)cc(-c3ccco3)c12. The second-order valence-electron chi connectivity index (χ2n) is 7.49. The summed E-state index contributed by atoms with van der Waals surface area (Å²) < 4.78 is 72.4. The van der Waals surface area contributed by atoms with E-state index in [-0.39, 0.29) is 55.2 Å². The highest BCUT2D eigenvalue weighted by molar-refractivity contribution is 9.10. The van der Waals surface area contributed by atoms with Crippen molar-refractivity contribution in [3.8, 4) is 11.3 Å². The Morgan fingerprint density at radius 3 is 2.61 bits per heavy atom. The number of anilines is 1. The zero-order valence-electron chi connectivity index (χ0n) is 18.1. The van der Waals surface area contributed by atoms with Gasteiger partial charge in [-0.25, -0.2) is 13.8 Å². The molecular formula is C21H15BrF5N5O3S. The van der Waals surface area contributed by atoms with Gasteiger partial charge in [-0.2, -0.15) is 18.3 Å². The lowest BCUT2D eigenvalue weighted by molar-refractivity contribution is -0.142. The number of primary amides is 1. The van der Waals surface area contributed by atoms with Crippen molar-refractivity contribution in [2.24, 2.45) is 5.73 Å². The predicted octanol–water partition coefficient (Wildman–Crippen LogP) is 5.91. The number of nitrogens with one attached hydrogen (secondary N) is 1. The highest BCUT2D eigenvalue weighted by Gasteiger charge is 2.38. The van der Waals surface area contributed by atoms with Gasteiger partial charge in [0, 0.05) is 17.4 Å². The molecule has 0 aromatic carbocycles. The van der Waals surface area contributed by atoms with Crippen LogP contribution < -0.4 is 11.1 Å². The third kappa shape index (κ3) is 4.84. The van der Waals surface area contributed by atoms with Crippen molar-refractivity contribution in [3.63, 3.8) is 0 Å². The third-order valence-corrected chi connectivity index (χ3v) is 7.18. The number of nitrogens with two attached hydrogens (primary N) is 1. The molecule has 4 rings (SSSR count). The molecule has 0 saturated heterocycles. The van der Waals surface area contributed by atoms with E-state index in [4.69, 9.17) is 10.2 Å². The summed E-state index contributed by atoms with van der Waals surface area (Å²) in [6.45, 7) is 1.20. The van der Waals surface area contributed by atoms with Crippen LogP contribution >= 0.6 is 27.3 Å². The van der Waals surface area contributed by atoms with Gasteiger partial charge in [-0.05, 0) is 41.1 Å². The van der Waals surface area contributed by atoms with E-state index < -0.39 is 35.8 Å². The maximum absolute atomic E-state index is 13.5. The molecule has 0 fully saturated rings. The van der Waals surface area contributed by atoms with Crippen molar-refractivity contribution in [2.75, 3.05) is 5.32 Å². The summed E-state index contributed by atoms with van der Waals surface area (Å²) >= 11 is 3.58. The van der Waals surface area contributed by atoms with E-state index in [2.05, 4.69) is 31.3 Å². The van der Waals surface area contributed by atoms with Gasteiger partial charge in [0.2, 0.25) is 5.91 Å². The summed E-state index contributed by atoms with van der Waals surface area (Å²) in [5.41, 5.74) is 4.04. The van der Waals surface area contributed by atoms with Crippen molar-refractivity contribution < 1.29 is 36.0 Å². The largest absolute Gasteiger partial charge is 0.464 e. The Labute approximate surface area is 211 Å². The minimum Gasteiger partial charge on any atom is -0.464 e. The first-order chi connectivity index (χ1) is 16.9. The van der Waals surface area contributed by atoms with E-state index >= 15 is 0 Å². The molecule has 36 heavy (non-hydrogen) atoms. The molecule has 4 aromatic heterocycles. The molecule has 0 saturated carbocycles. The molecular weight excluding hydrogens is 577 g/mol. The van der Waals surface area contributed by atoms with Gasteiger partial charge < -0.3 is 15.5 Å². The zero-order chi connectivity index (χ0) is 26.4. The van der Waals surface area contributed by atoms with Gasteiger partial charge in [0.15, 0.2) is 5.69 Å². The summed E-state index contributed by atoms with van der Waals surface area (Å²) in [5, 5.41) is 6.22. The van der Waals surface area contributed by atoms with Gasteiger partial charge in [-0.1, -0.05) is 0 Å². The average Bonchev–Trinajstić information content (AvgIpc) is 3.51. The van der Waals surface area contributed by atoms with Crippen LogP contribution in [-0.4, -0.2) is 26.6 Å². The van der Waals surface area contributed by atoms with Crippen molar-refractivity contribution in [3.05, 3.63) is 50.9 Å². The Morgan fingerprint density at radius 2 is 2.06 bits per heavy atom. The molecule has 0 bridgehead atoms. The Morgan fingerprint density at radius 1 is 1.33 bits per heavy atom. The molecule has 0 radical (unpaired) electrons. The topological polar surface area (TPSA) is 116 Å². The number of furan rings is 1. The molecule has 4 aromatic rings. The monoisotopic (exact) mass is 591 g/mol. The molecule has 0 aliphatic carbocycles. The van der Waals surface area contributed by atoms with Gasteiger partial charge in [0.25, 0.3) is 12.3 Å². The molecule has 3 N–H and O–H groups in total. The van der Waals surface area contributed by atoms with Crippen LogP contribution in [0.3, 0.4) is 0 Å². The minimum atomic E-state index is -4.69. The quantitative estimate of drug-likeness (QED) is 0.259. The number of fused-ring (bicyclic) bond motifs is 1. The number of nitrogens with zero attached hydrogens (tertiary/aromatic N) is 3. The predicted molar refractivity (Wildman–Crippen MR) is 124 cm³/mol. The molecule has 15 heteroatoms. The maximum Gasteiger partial charge on any atom is 0.436 e. The fourth-order valence-electron chi connectivity index (χ4n) is 3.48. The summed E-state index contributed by atoms with van der Waals surface area (Å²) in [5.74, 6) is -1.43. The first-order valence-electron chi connectivity index (χ1n) is 10.1. The lowest BCUT2D eigenvalue weighted by Gasteiger charge is -2.10. The molecule has 4 heterocycles. The molecule has 0 aliphatic rings. The Hall–Kier alpha value is -3.33. The van der Waals surface area contributed by atoms with Crippen molar-refractivity contribution in [2.45, 2.75) is 32.5 Å². The van der Waals surface area contributed by atoms with E-state index in [9.17, 15) is 31.5 Å². The maximum atomic E-state index is 13.5. The normalized spacial score (nSPS) is 12.0. The fraction of sp³-hybridized carbons (Fsp3) is 0.238. The Bertz CT molecular complexity index is 1460. The summed E-state index contributed by atoms with van der Waals surface area (Å²) in [7, 11) is 0. The fourth-order valence-corrected chi connectivity index (χ4v) is 5.00. The smallest absolute Gasteiger partial charge is 0.436 e. The number of carbonyl (C=O) groups is 2. The number of amides is 2. The third-order valence-electron chi connectivity index (χ3n) is 5.13. The molecule has 0 unspecified atom stereocenters. The van der Waals surface area contributed by atoms with Crippen molar-refractivity contribution >= 4 is 55.0 Å². The van der Waals surface area contributed by atoms with Crippen LogP contribution in [0, 0.1) is 6.92 Å². The average molecular weight is 592 g/mol. The van der Waals surface area contributed by atoms with E-state index in [1.54, 1.807) is 0 Å². The number of alkyl halides is 5. The number of pyridine rings is 1. The first-order valence-corrected chi connectivity index (χ1v) is 11.7. The summed E-state index contributed by atoms with van der Waals surface area (Å²) in [6, 6.07) is 4.12. The van der Waals surface area contributed by atoms with Crippen LogP contribution in [0.15, 0.2) is 33.4 Å². The Balaban J connectivity index is 1.70. The van der Waals surface area contributed by atoms with E-state index in [0.29, 0.717) is 0 Å². The van der Waals surface area contributed by atoms with Gasteiger partial charge in [0.05, 0.1) is 28.7 Å². The molecule has 0 aliphatic heterocycles. The number of thiophene rings is 1. The lowest BCUT2D eigenvalue weighted by atomic mass is 10.1. The standard InChI is InChI=1S/C21H15BrF5N5O3S/c1-8-14(22)17(21(25,26)27)31-32(8)5-4-12(33)30-15-13-9(11-3-2-6-35-11)7-10(18(23)24)29-20(13)36-16(15)19(28)34/h2-3,6-7,18H,4-5H2,1H3,(H2,28,34)(H,30,33). The first kappa shape index (κ1) is 25.8. The highest BCUT2D eigenvalue weighted by atomic mass is 79.9.